The van der Waals surface area contributed by atoms with Crippen molar-refractivity contribution >= 4 is 46.1 Å². The molecular formula is C13H16ClN3O2S2. The molecule has 0 aliphatic carbocycles. The fraction of sp³-hybridized carbons (Fsp3) is 0.385. The van der Waals surface area contributed by atoms with Gasteiger partial charge in [-0.2, -0.15) is 0 Å². The van der Waals surface area contributed by atoms with E-state index in [1.54, 1.807) is 11.3 Å². The van der Waals surface area contributed by atoms with E-state index in [0.717, 1.165) is 23.4 Å². The number of aromatic nitrogens is 1. The molecule has 0 bridgehead atoms. The lowest BCUT2D eigenvalue weighted by atomic mass is 10.2. The Hall–Kier alpha value is -0.990. The molecule has 1 aliphatic heterocycles. The molecule has 0 unspecified atom stereocenters. The second-order valence-corrected chi connectivity index (χ2v) is 6.37. The predicted octanol–water partition coefficient (Wildman–Crippen LogP) is 2.74. The van der Waals surface area contributed by atoms with Crippen LogP contribution in [0.15, 0.2) is 22.9 Å². The molecule has 2 atom stereocenters. The van der Waals surface area contributed by atoms with Gasteiger partial charge in [0.05, 0.1) is 16.7 Å². The molecule has 5 nitrogen and oxygen atoms in total. The molecule has 3 heterocycles. The number of thiazole rings is 1. The number of carbonyl (C=O) groups excluding carboxylic acids is 1. The van der Waals surface area contributed by atoms with Crippen molar-refractivity contribution < 1.29 is 9.53 Å². The fourth-order valence-corrected chi connectivity index (χ4v) is 3.60. The van der Waals surface area contributed by atoms with Gasteiger partial charge >= 0.3 is 0 Å². The summed E-state index contributed by atoms with van der Waals surface area (Å²) < 4.78 is 5.57. The van der Waals surface area contributed by atoms with Crippen molar-refractivity contribution in [1.82, 2.24) is 4.98 Å². The van der Waals surface area contributed by atoms with Crippen molar-refractivity contribution in [2.24, 2.45) is 5.73 Å². The summed E-state index contributed by atoms with van der Waals surface area (Å²) in [5.74, 6) is -0.131. The van der Waals surface area contributed by atoms with Gasteiger partial charge in [0.1, 0.15) is 6.10 Å². The number of nitrogens with two attached hydrogens (primary N) is 1. The number of hydrogen-bond donors (Lipinski definition) is 2. The Morgan fingerprint density at radius 1 is 1.48 bits per heavy atom. The summed E-state index contributed by atoms with van der Waals surface area (Å²) in [5, 5.41) is 7.38. The maximum atomic E-state index is 12.1. The van der Waals surface area contributed by atoms with Gasteiger partial charge in [-0.05, 0) is 24.3 Å². The molecule has 0 radical (unpaired) electrons. The highest BCUT2D eigenvalue weighted by molar-refractivity contribution is 7.16. The first-order valence-corrected chi connectivity index (χ1v) is 8.18. The molecule has 0 saturated carbocycles. The Kier molecular flexibility index (Phi) is 5.72. The minimum absolute atomic E-state index is 0. The molecule has 114 valence electrons. The van der Waals surface area contributed by atoms with Gasteiger partial charge in [0.25, 0.3) is 5.91 Å². The zero-order chi connectivity index (χ0) is 13.9. The van der Waals surface area contributed by atoms with Crippen LogP contribution < -0.4 is 11.1 Å². The van der Waals surface area contributed by atoms with Gasteiger partial charge in [-0.1, -0.05) is 6.07 Å². The second kappa shape index (κ2) is 7.33. The molecule has 1 fully saturated rings. The maximum Gasteiger partial charge on any atom is 0.255 e. The zero-order valence-electron chi connectivity index (χ0n) is 11.2. The van der Waals surface area contributed by atoms with Crippen molar-refractivity contribution in [1.29, 1.82) is 0 Å². The van der Waals surface area contributed by atoms with Crippen LogP contribution in [-0.2, 0) is 9.53 Å². The summed E-state index contributed by atoms with van der Waals surface area (Å²) in [6.45, 7) is 0.462. The highest BCUT2D eigenvalue weighted by Gasteiger charge is 2.30. The SMILES string of the molecule is Cl.NC[C@H]1CC[C@@H](C(=O)Nc2nc(-c3cccs3)cs2)O1. The molecule has 2 aromatic rings. The van der Waals surface area contributed by atoms with Gasteiger partial charge in [0.15, 0.2) is 5.13 Å². The summed E-state index contributed by atoms with van der Waals surface area (Å²) in [6.07, 6.45) is 1.16. The smallest absolute Gasteiger partial charge is 0.255 e. The van der Waals surface area contributed by atoms with Crippen LogP contribution in [0.1, 0.15) is 12.8 Å². The summed E-state index contributed by atoms with van der Waals surface area (Å²) >= 11 is 3.05. The lowest BCUT2D eigenvalue weighted by molar-refractivity contribution is -0.126. The van der Waals surface area contributed by atoms with Crippen molar-refractivity contribution in [2.75, 3.05) is 11.9 Å². The first-order valence-electron chi connectivity index (χ1n) is 6.42. The summed E-state index contributed by atoms with van der Waals surface area (Å²) in [4.78, 5) is 17.6. The third kappa shape index (κ3) is 3.81. The number of nitrogens with zero attached hydrogens (tertiary/aromatic N) is 1. The van der Waals surface area contributed by atoms with E-state index in [9.17, 15) is 4.79 Å². The van der Waals surface area contributed by atoms with Crippen LogP contribution in [-0.4, -0.2) is 29.6 Å². The summed E-state index contributed by atoms with van der Waals surface area (Å²) in [7, 11) is 0. The number of anilines is 1. The van der Waals surface area contributed by atoms with Crippen LogP contribution in [0.5, 0.6) is 0 Å². The van der Waals surface area contributed by atoms with E-state index in [-0.39, 0.29) is 24.4 Å². The van der Waals surface area contributed by atoms with Gasteiger partial charge in [-0.25, -0.2) is 4.98 Å². The van der Waals surface area contributed by atoms with Crippen molar-refractivity contribution in [3.05, 3.63) is 22.9 Å². The fourth-order valence-electron chi connectivity index (χ4n) is 2.13. The van der Waals surface area contributed by atoms with E-state index < -0.39 is 6.10 Å². The lowest BCUT2D eigenvalue weighted by Gasteiger charge is -2.11. The zero-order valence-corrected chi connectivity index (χ0v) is 13.6. The van der Waals surface area contributed by atoms with E-state index >= 15 is 0 Å². The van der Waals surface area contributed by atoms with E-state index in [2.05, 4.69) is 10.3 Å². The third-order valence-electron chi connectivity index (χ3n) is 3.17. The van der Waals surface area contributed by atoms with Crippen LogP contribution in [0.25, 0.3) is 10.6 Å². The first kappa shape index (κ1) is 16.4. The molecule has 8 heteroatoms. The van der Waals surface area contributed by atoms with Crippen molar-refractivity contribution in [3.63, 3.8) is 0 Å². The Bertz CT molecular complexity index is 588. The Morgan fingerprint density at radius 3 is 3.00 bits per heavy atom. The molecule has 3 rings (SSSR count). The summed E-state index contributed by atoms with van der Waals surface area (Å²) in [5.41, 5.74) is 6.44. The lowest BCUT2D eigenvalue weighted by Crippen LogP contribution is -2.29. The number of ether oxygens (including phenoxy) is 1. The number of nitrogens with one attached hydrogen (secondary N) is 1. The molecule has 0 aromatic carbocycles. The van der Waals surface area contributed by atoms with Crippen molar-refractivity contribution in [3.8, 4) is 10.6 Å². The second-order valence-electron chi connectivity index (χ2n) is 4.56. The topological polar surface area (TPSA) is 77.2 Å². The Labute approximate surface area is 136 Å². The Balaban J connectivity index is 0.00000161. The average molecular weight is 346 g/mol. The minimum atomic E-state index is -0.405. The molecule has 21 heavy (non-hydrogen) atoms. The van der Waals surface area contributed by atoms with Crippen LogP contribution in [0.4, 0.5) is 5.13 Å². The van der Waals surface area contributed by atoms with E-state index in [4.69, 9.17) is 10.5 Å². The van der Waals surface area contributed by atoms with Crippen molar-refractivity contribution in [2.45, 2.75) is 25.0 Å². The standard InChI is InChI=1S/C13H15N3O2S2.ClH/c14-6-8-3-4-10(18-8)12(17)16-13-15-9(7-20-13)11-2-1-5-19-11;/h1-2,5,7-8,10H,3-4,6,14H2,(H,15,16,17);1H/t8-,10+;/m1./s1. The highest BCUT2D eigenvalue weighted by atomic mass is 35.5. The van der Waals surface area contributed by atoms with Crippen LogP contribution in [0.2, 0.25) is 0 Å². The van der Waals surface area contributed by atoms with Crippen LogP contribution in [0, 0.1) is 0 Å². The van der Waals surface area contributed by atoms with E-state index in [0.29, 0.717) is 11.7 Å². The van der Waals surface area contributed by atoms with E-state index in [1.807, 2.05) is 22.9 Å². The number of carbonyl (C=O) groups is 1. The van der Waals surface area contributed by atoms with Gasteiger partial charge in [-0.15, -0.1) is 35.1 Å². The molecule has 1 aliphatic rings. The third-order valence-corrected chi connectivity index (χ3v) is 4.82. The molecule has 3 N–H and O–H groups in total. The van der Waals surface area contributed by atoms with Gasteiger partial charge in [0, 0.05) is 11.9 Å². The van der Waals surface area contributed by atoms with Gasteiger partial charge < -0.3 is 10.5 Å². The molecule has 1 saturated heterocycles. The maximum absolute atomic E-state index is 12.1. The highest BCUT2D eigenvalue weighted by Crippen LogP contribution is 2.29. The van der Waals surface area contributed by atoms with Gasteiger partial charge in [0.2, 0.25) is 0 Å². The number of halogens is 1. The largest absolute Gasteiger partial charge is 0.364 e. The number of hydrogen-bond acceptors (Lipinski definition) is 6. The minimum Gasteiger partial charge on any atom is -0.364 e. The normalized spacial score (nSPS) is 21.0. The Morgan fingerprint density at radius 2 is 2.33 bits per heavy atom. The molecule has 2 aromatic heterocycles. The quantitative estimate of drug-likeness (QED) is 0.893. The number of amides is 1. The van der Waals surface area contributed by atoms with Gasteiger partial charge in [-0.3, -0.25) is 10.1 Å². The predicted molar refractivity (Wildman–Crippen MR) is 88.3 cm³/mol. The first-order chi connectivity index (χ1) is 9.76. The average Bonchev–Trinajstić information content (AvgIpc) is 3.19. The van der Waals surface area contributed by atoms with E-state index in [1.165, 1.54) is 11.3 Å². The molecule has 0 spiro atoms. The van der Waals surface area contributed by atoms with Crippen LogP contribution >= 0.6 is 35.1 Å². The summed E-state index contributed by atoms with van der Waals surface area (Å²) in [6, 6.07) is 3.99. The molecular weight excluding hydrogens is 330 g/mol. The monoisotopic (exact) mass is 345 g/mol. The number of rotatable bonds is 4. The van der Waals surface area contributed by atoms with Crippen LogP contribution in [0.3, 0.4) is 0 Å². The molecule has 1 amide bonds. The number of thiophene rings is 1.